The van der Waals surface area contributed by atoms with Crippen molar-refractivity contribution < 1.29 is 9.90 Å². The number of amides is 2. The van der Waals surface area contributed by atoms with Crippen molar-refractivity contribution in [2.75, 3.05) is 18.5 Å². The molecule has 1 aromatic rings. The third-order valence-electron chi connectivity index (χ3n) is 3.54. The lowest BCUT2D eigenvalue weighted by Gasteiger charge is -2.22. The van der Waals surface area contributed by atoms with Gasteiger partial charge in [0.1, 0.15) is 0 Å². The Kier molecular flexibility index (Phi) is 5.59. The van der Waals surface area contributed by atoms with E-state index < -0.39 is 0 Å². The largest absolute Gasteiger partial charge is 0.396 e. The van der Waals surface area contributed by atoms with Gasteiger partial charge in [-0.25, -0.2) is 4.79 Å². The van der Waals surface area contributed by atoms with Gasteiger partial charge in [-0.3, -0.25) is 0 Å². The Hall–Kier alpha value is -2.06. The van der Waals surface area contributed by atoms with Gasteiger partial charge in [0.2, 0.25) is 0 Å². The van der Waals surface area contributed by atoms with E-state index in [9.17, 15) is 4.79 Å². The molecule has 0 radical (unpaired) electrons. The predicted molar refractivity (Wildman–Crippen MR) is 80.8 cm³/mol. The van der Waals surface area contributed by atoms with Crippen molar-refractivity contribution in [1.29, 1.82) is 5.26 Å². The molecule has 21 heavy (non-hydrogen) atoms. The van der Waals surface area contributed by atoms with E-state index in [1.54, 1.807) is 0 Å². The highest BCUT2D eigenvalue weighted by molar-refractivity contribution is 5.89. The monoisotopic (exact) mass is 287 g/mol. The van der Waals surface area contributed by atoms with Crippen molar-refractivity contribution in [3.05, 3.63) is 29.8 Å². The van der Waals surface area contributed by atoms with Gasteiger partial charge in [0.05, 0.1) is 12.5 Å². The van der Waals surface area contributed by atoms with Crippen LogP contribution in [0.5, 0.6) is 0 Å². The van der Waals surface area contributed by atoms with Gasteiger partial charge in [-0.15, -0.1) is 0 Å². The van der Waals surface area contributed by atoms with Crippen molar-refractivity contribution in [1.82, 2.24) is 4.90 Å². The maximum atomic E-state index is 12.3. The first-order chi connectivity index (χ1) is 10.2. The van der Waals surface area contributed by atoms with E-state index in [1.807, 2.05) is 29.2 Å². The fourth-order valence-electron chi connectivity index (χ4n) is 2.22. The number of hydrogen-bond donors (Lipinski definition) is 2. The Bertz CT molecular complexity index is 503. The van der Waals surface area contributed by atoms with Crippen LogP contribution in [0.1, 0.15) is 31.2 Å². The standard InChI is InChI=1S/C16H21N3O2/c17-10-9-13-3-5-14(6-4-13)18-16(21)19(15-7-8-15)11-1-2-12-20/h3-6,15,20H,1-2,7-9,11-12H2,(H,18,21). The first-order valence-electron chi connectivity index (χ1n) is 7.39. The Morgan fingerprint density at radius 1 is 1.33 bits per heavy atom. The molecule has 1 saturated carbocycles. The molecule has 2 rings (SSSR count). The number of hydrogen-bond acceptors (Lipinski definition) is 3. The number of benzene rings is 1. The number of carbonyl (C=O) groups excluding carboxylic acids is 1. The molecule has 2 N–H and O–H groups in total. The second-order valence-corrected chi connectivity index (χ2v) is 5.32. The van der Waals surface area contributed by atoms with Gasteiger partial charge in [0.15, 0.2) is 0 Å². The fraction of sp³-hybridized carbons (Fsp3) is 0.500. The summed E-state index contributed by atoms with van der Waals surface area (Å²) < 4.78 is 0. The number of nitrogens with one attached hydrogen (secondary N) is 1. The predicted octanol–water partition coefficient (Wildman–Crippen LogP) is 2.52. The van der Waals surface area contributed by atoms with Crippen LogP contribution in [0, 0.1) is 11.3 Å². The van der Waals surface area contributed by atoms with Crippen molar-refractivity contribution in [2.45, 2.75) is 38.1 Å². The topological polar surface area (TPSA) is 76.4 Å². The summed E-state index contributed by atoms with van der Waals surface area (Å²) in [5.74, 6) is 0. The summed E-state index contributed by atoms with van der Waals surface area (Å²) in [7, 11) is 0. The van der Waals surface area contributed by atoms with Gasteiger partial charge in [-0.2, -0.15) is 5.26 Å². The number of nitrogens with zero attached hydrogens (tertiary/aromatic N) is 2. The second kappa shape index (κ2) is 7.65. The number of aliphatic hydroxyl groups is 1. The molecule has 2 amide bonds. The quantitative estimate of drug-likeness (QED) is 0.757. The Morgan fingerprint density at radius 3 is 2.62 bits per heavy atom. The highest BCUT2D eigenvalue weighted by Crippen LogP contribution is 2.27. The molecule has 0 unspecified atom stereocenters. The number of urea groups is 1. The van der Waals surface area contributed by atoms with Crippen LogP contribution in [0.15, 0.2) is 24.3 Å². The molecule has 1 fully saturated rings. The normalized spacial score (nSPS) is 13.5. The van der Waals surface area contributed by atoms with Crippen molar-refractivity contribution >= 4 is 11.7 Å². The highest BCUT2D eigenvalue weighted by atomic mass is 16.3. The lowest BCUT2D eigenvalue weighted by Crippen LogP contribution is -2.37. The summed E-state index contributed by atoms with van der Waals surface area (Å²) >= 11 is 0. The van der Waals surface area contributed by atoms with Crippen LogP contribution in [0.3, 0.4) is 0 Å². The maximum absolute atomic E-state index is 12.3. The number of nitriles is 1. The molecule has 0 spiro atoms. The Balaban J connectivity index is 1.90. The number of unbranched alkanes of at least 4 members (excludes halogenated alkanes) is 1. The smallest absolute Gasteiger partial charge is 0.322 e. The zero-order chi connectivity index (χ0) is 15.1. The SMILES string of the molecule is N#CCc1ccc(NC(=O)N(CCCCO)C2CC2)cc1. The van der Waals surface area contributed by atoms with Gasteiger partial charge >= 0.3 is 6.03 Å². The highest BCUT2D eigenvalue weighted by Gasteiger charge is 2.32. The van der Waals surface area contributed by atoms with Crippen molar-refractivity contribution in [2.24, 2.45) is 0 Å². The zero-order valence-corrected chi connectivity index (χ0v) is 12.1. The molecule has 1 aliphatic carbocycles. The molecule has 112 valence electrons. The number of carbonyl (C=O) groups is 1. The number of anilines is 1. The number of aliphatic hydroxyl groups excluding tert-OH is 1. The van der Waals surface area contributed by atoms with E-state index in [0.717, 1.165) is 36.9 Å². The molecule has 5 heteroatoms. The summed E-state index contributed by atoms with van der Waals surface area (Å²) in [5, 5.41) is 20.4. The lowest BCUT2D eigenvalue weighted by molar-refractivity contribution is 0.204. The molecular formula is C16H21N3O2. The van der Waals surface area contributed by atoms with E-state index >= 15 is 0 Å². The molecule has 0 heterocycles. The summed E-state index contributed by atoms with van der Waals surface area (Å²) in [6, 6.07) is 9.72. The molecule has 1 aromatic carbocycles. The summed E-state index contributed by atoms with van der Waals surface area (Å²) in [4.78, 5) is 14.2. The minimum Gasteiger partial charge on any atom is -0.396 e. The van der Waals surface area contributed by atoms with Gasteiger partial charge in [0, 0.05) is 24.9 Å². The zero-order valence-electron chi connectivity index (χ0n) is 12.1. The fourth-order valence-corrected chi connectivity index (χ4v) is 2.22. The van der Waals surface area contributed by atoms with Gasteiger partial charge < -0.3 is 15.3 Å². The van der Waals surface area contributed by atoms with Crippen LogP contribution < -0.4 is 5.32 Å². The van der Waals surface area contributed by atoms with Gasteiger partial charge in [0.25, 0.3) is 0 Å². The van der Waals surface area contributed by atoms with Gasteiger partial charge in [-0.1, -0.05) is 12.1 Å². The average Bonchev–Trinajstić information content (AvgIpc) is 3.30. The van der Waals surface area contributed by atoms with E-state index in [-0.39, 0.29) is 12.6 Å². The number of rotatable bonds is 7. The van der Waals surface area contributed by atoms with E-state index in [2.05, 4.69) is 11.4 Å². The summed E-state index contributed by atoms with van der Waals surface area (Å²) in [6.07, 6.45) is 4.05. The summed E-state index contributed by atoms with van der Waals surface area (Å²) in [6.45, 7) is 0.851. The lowest BCUT2D eigenvalue weighted by atomic mass is 10.1. The molecule has 5 nitrogen and oxygen atoms in total. The first-order valence-corrected chi connectivity index (χ1v) is 7.39. The molecule has 0 atom stereocenters. The Labute approximate surface area is 125 Å². The molecule has 0 aliphatic heterocycles. The van der Waals surface area contributed by atoms with Crippen LogP contribution in [0.2, 0.25) is 0 Å². The van der Waals surface area contributed by atoms with Crippen LogP contribution in [0.4, 0.5) is 10.5 Å². The average molecular weight is 287 g/mol. The maximum Gasteiger partial charge on any atom is 0.322 e. The van der Waals surface area contributed by atoms with Crippen LogP contribution in [-0.4, -0.2) is 35.2 Å². The van der Waals surface area contributed by atoms with Crippen LogP contribution in [0.25, 0.3) is 0 Å². The van der Waals surface area contributed by atoms with E-state index in [1.165, 1.54) is 0 Å². The third kappa shape index (κ3) is 4.76. The molecule has 0 saturated heterocycles. The molecule has 0 bridgehead atoms. The Morgan fingerprint density at radius 2 is 2.05 bits per heavy atom. The molecule has 0 aromatic heterocycles. The minimum absolute atomic E-state index is 0.0801. The molecule has 1 aliphatic rings. The second-order valence-electron chi connectivity index (χ2n) is 5.32. The van der Waals surface area contributed by atoms with Crippen molar-refractivity contribution in [3.8, 4) is 6.07 Å². The van der Waals surface area contributed by atoms with Gasteiger partial charge in [-0.05, 0) is 43.4 Å². The van der Waals surface area contributed by atoms with E-state index in [4.69, 9.17) is 10.4 Å². The molecular weight excluding hydrogens is 266 g/mol. The first kappa shape index (κ1) is 15.3. The minimum atomic E-state index is -0.0801. The van der Waals surface area contributed by atoms with Crippen molar-refractivity contribution in [3.63, 3.8) is 0 Å². The summed E-state index contributed by atoms with van der Waals surface area (Å²) in [5.41, 5.74) is 1.69. The van der Waals surface area contributed by atoms with E-state index in [0.29, 0.717) is 19.0 Å². The van der Waals surface area contributed by atoms with Crippen LogP contribution >= 0.6 is 0 Å². The van der Waals surface area contributed by atoms with Crippen LogP contribution in [-0.2, 0) is 6.42 Å². The third-order valence-corrected chi connectivity index (χ3v) is 3.54.